The summed E-state index contributed by atoms with van der Waals surface area (Å²) in [6.07, 6.45) is -0.0651. The van der Waals surface area contributed by atoms with E-state index in [0.29, 0.717) is 6.54 Å². The number of thiophene rings is 1. The van der Waals surface area contributed by atoms with E-state index in [2.05, 4.69) is 5.32 Å². The van der Waals surface area contributed by atoms with Gasteiger partial charge in [0.2, 0.25) is 5.91 Å². The highest BCUT2D eigenvalue weighted by atomic mass is 32.1. The Labute approximate surface area is 81.0 Å². The number of hydrogen-bond acceptors (Lipinski definition) is 3. The van der Waals surface area contributed by atoms with Crippen molar-refractivity contribution in [1.82, 2.24) is 5.32 Å². The fourth-order valence-corrected chi connectivity index (χ4v) is 1.74. The van der Waals surface area contributed by atoms with E-state index in [1.54, 1.807) is 17.4 Å². The van der Waals surface area contributed by atoms with Crippen LogP contribution in [-0.4, -0.2) is 5.91 Å². The average molecular weight is 194 g/mol. The van der Waals surface area contributed by atoms with Crippen LogP contribution in [0.5, 0.6) is 0 Å². The van der Waals surface area contributed by atoms with Crippen LogP contribution in [0.25, 0.3) is 0 Å². The highest BCUT2D eigenvalue weighted by Crippen LogP contribution is 2.14. The molecular weight excluding hydrogens is 184 g/mol. The van der Waals surface area contributed by atoms with E-state index >= 15 is 0 Å². The fourth-order valence-electron chi connectivity index (χ4n) is 0.898. The van der Waals surface area contributed by atoms with Gasteiger partial charge >= 0.3 is 0 Å². The molecule has 68 valence electrons. The van der Waals surface area contributed by atoms with E-state index in [1.165, 1.54) is 5.56 Å². The van der Waals surface area contributed by atoms with E-state index in [1.807, 2.05) is 18.4 Å². The van der Waals surface area contributed by atoms with Gasteiger partial charge in [0.1, 0.15) is 6.42 Å². The minimum Gasteiger partial charge on any atom is -0.350 e. The Morgan fingerprint density at radius 3 is 3.08 bits per heavy atom. The molecule has 0 bridgehead atoms. The number of nitrogens with one attached hydrogen (secondary N) is 1. The molecule has 13 heavy (non-hydrogen) atoms. The third kappa shape index (κ3) is 2.88. The highest BCUT2D eigenvalue weighted by Gasteiger charge is 2.02. The van der Waals surface area contributed by atoms with E-state index in [0.717, 1.165) is 4.88 Å². The number of aryl methyl sites for hydroxylation is 1. The van der Waals surface area contributed by atoms with Gasteiger partial charge in [0, 0.05) is 4.88 Å². The predicted octanol–water partition coefficient (Wildman–Crippen LogP) is 1.59. The van der Waals surface area contributed by atoms with Gasteiger partial charge in [-0.2, -0.15) is 5.26 Å². The molecule has 4 heteroatoms. The lowest BCUT2D eigenvalue weighted by Crippen LogP contribution is -2.21. The molecule has 0 saturated carbocycles. The summed E-state index contributed by atoms with van der Waals surface area (Å²) in [6, 6.07) is 3.81. The first-order valence-electron chi connectivity index (χ1n) is 3.90. The fraction of sp³-hybridized carbons (Fsp3) is 0.333. The third-order valence-corrected chi connectivity index (χ3v) is 2.68. The number of carbonyl (C=O) groups excluding carboxylic acids is 1. The summed E-state index contributed by atoms with van der Waals surface area (Å²) in [5.41, 5.74) is 1.18. The standard InChI is InChI=1S/C9H10N2OS/c1-7-3-5-13-8(7)6-11-9(12)2-4-10/h3,5H,2,6H2,1H3,(H,11,12). The van der Waals surface area contributed by atoms with Crippen LogP contribution in [0.15, 0.2) is 11.4 Å². The molecule has 1 aromatic heterocycles. The Bertz CT molecular complexity index is 338. The maximum absolute atomic E-state index is 10.9. The molecule has 0 fully saturated rings. The zero-order valence-electron chi connectivity index (χ0n) is 7.33. The Balaban J connectivity index is 2.40. The van der Waals surface area contributed by atoms with Gasteiger partial charge in [-0.1, -0.05) is 0 Å². The summed E-state index contributed by atoms with van der Waals surface area (Å²) in [5.74, 6) is -0.213. The van der Waals surface area contributed by atoms with Crippen LogP contribution < -0.4 is 5.32 Å². The van der Waals surface area contributed by atoms with E-state index < -0.39 is 0 Å². The molecule has 0 aromatic carbocycles. The van der Waals surface area contributed by atoms with Crippen LogP contribution >= 0.6 is 11.3 Å². The largest absolute Gasteiger partial charge is 0.350 e. The molecule has 1 heterocycles. The first-order chi connectivity index (χ1) is 6.24. The molecule has 1 amide bonds. The highest BCUT2D eigenvalue weighted by molar-refractivity contribution is 7.10. The molecule has 0 aliphatic carbocycles. The normalized spacial score (nSPS) is 9.23. The molecule has 1 rings (SSSR count). The molecule has 0 aliphatic rings. The van der Waals surface area contributed by atoms with Gasteiger partial charge in [-0.05, 0) is 23.9 Å². The summed E-state index contributed by atoms with van der Waals surface area (Å²) >= 11 is 1.61. The van der Waals surface area contributed by atoms with Crippen molar-refractivity contribution in [3.63, 3.8) is 0 Å². The first-order valence-corrected chi connectivity index (χ1v) is 4.78. The van der Waals surface area contributed by atoms with Gasteiger partial charge in [0.15, 0.2) is 0 Å². The molecule has 0 saturated heterocycles. The number of hydrogen-bond donors (Lipinski definition) is 1. The third-order valence-electron chi connectivity index (χ3n) is 1.65. The van der Waals surface area contributed by atoms with Crippen LogP contribution in [0.1, 0.15) is 16.9 Å². The Morgan fingerprint density at radius 1 is 1.77 bits per heavy atom. The van der Waals surface area contributed by atoms with E-state index in [-0.39, 0.29) is 12.3 Å². The monoisotopic (exact) mass is 194 g/mol. The number of carbonyl (C=O) groups is 1. The summed E-state index contributed by atoms with van der Waals surface area (Å²) in [7, 11) is 0. The Kier molecular flexibility index (Phi) is 3.47. The van der Waals surface area contributed by atoms with Crippen LogP contribution in [0.2, 0.25) is 0 Å². The molecule has 1 N–H and O–H groups in total. The van der Waals surface area contributed by atoms with Crippen molar-refractivity contribution in [2.45, 2.75) is 19.9 Å². The average Bonchev–Trinajstić information content (AvgIpc) is 2.48. The molecule has 3 nitrogen and oxygen atoms in total. The Morgan fingerprint density at radius 2 is 2.54 bits per heavy atom. The summed E-state index contributed by atoms with van der Waals surface area (Å²) < 4.78 is 0. The first kappa shape index (κ1) is 9.75. The Hall–Kier alpha value is -1.34. The van der Waals surface area contributed by atoms with Gasteiger partial charge in [-0.15, -0.1) is 11.3 Å². The second kappa shape index (κ2) is 4.63. The molecule has 0 atom stereocenters. The van der Waals surface area contributed by atoms with Gasteiger partial charge in [0.05, 0.1) is 12.6 Å². The van der Waals surface area contributed by atoms with Gasteiger partial charge in [0.25, 0.3) is 0 Å². The second-order valence-corrected chi connectivity index (χ2v) is 3.64. The van der Waals surface area contributed by atoms with Gasteiger partial charge in [-0.3, -0.25) is 4.79 Å². The van der Waals surface area contributed by atoms with Crippen molar-refractivity contribution in [3.05, 3.63) is 21.9 Å². The van der Waals surface area contributed by atoms with Crippen LogP contribution in [-0.2, 0) is 11.3 Å². The van der Waals surface area contributed by atoms with E-state index in [9.17, 15) is 4.79 Å². The van der Waals surface area contributed by atoms with Crippen molar-refractivity contribution in [2.24, 2.45) is 0 Å². The maximum atomic E-state index is 10.9. The lowest BCUT2D eigenvalue weighted by atomic mass is 10.3. The van der Waals surface area contributed by atoms with Crippen molar-refractivity contribution in [3.8, 4) is 6.07 Å². The SMILES string of the molecule is Cc1ccsc1CNC(=O)CC#N. The molecule has 0 spiro atoms. The van der Waals surface area contributed by atoms with Crippen molar-refractivity contribution in [1.29, 1.82) is 5.26 Å². The van der Waals surface area contributed by atoms with Crippen LogP contribution in [0.3, 0.4) is 0 Å². The minimum atomic E-state index is -0.213. The maximum Gasteiger partial charge on any atom is 0.234 e. The van der Waals surface area contributed by atoms with Crippen molar-refractivity contribution >= 4 is 17.2 Å². The topological polar surface area (TPSA) is 52.9 Å². The minimum absolute atomic E-state index is 0.0651. The zero-order valence-corrected chi connectivity index (χ0v) is 8.15. The summed E-state index contributed by atoms with van der Waals surface area (Å²) in [4.78, 5) is 12.1. The molecule has 0 radical (unpaired) electrons. The van der Waals surface area contributed by atoms with Gasteiger partial charge < -0.3 is 5.32 Å². The molecule has 0 unspecified atom stereocenters. The zero-order chi connectivity index (χ0) is 9.68. The number of nitriles is 1. The lowest BCUT2D eigenvalue weighted by Gasteiger charge is -2.00. The predicted molar refractivity (Wildman–Crippen MR) is 51.1 cm³/mol. The van der Waals surface area contributed by atoms with Crippen LogP contribution in [0.4, 0.5) is 0 Å². The summed E-state index contributed by atoms with van der Waals surface area (Å²) in [5, 5.41) is 12.9. The van der Waals surface area contributed by atoms with Gasteiger partial charge in [-0.25, -0.2) is 0 Å². The second-order valence-electron chi connectivity index (χ2n) is 2.64. The molecule has 1 aromatic rings. The lowest BCUT2D eigenvalue weighted by molar-refractivity contribution is -0.120. The number of nitrogens with zero attached hydrogens (tertiary/aromatic N) is 1. The smallest absolute Gasteiger partial charge is 0.234 e. The summed E-state index contributed by atoms with van der Waals surface area (Å²) in [6.45, 7) is 2.53. The van der Waals surface area contributed by atoms with E-state index in [4.69, 9.17) is 5.26 Å². The quantitative estimate of drug-likeness (QED) is 0.794. The van der Waals surface area contributed by atoms with Crippen molar-refractivity contribution in [2.75, 3.05) is 0 Å². The molecule has 0 aliphatic heterocycles. The number of rotatable bonds is 3. The molecular formula is C9H10N2OS. The number of amides is 1. The van der Waals surface area contributed by atoms with Crippen molar-refractivity contribution < 1.29 is 4.79 Å². The van der Waals surface area contributed by atoms with Crippen LogP contribution in [0, 0.1) is 18.3 Å².